The van der Waals surface area contributed by atoms with E-state index in [1.165, 1.54) is 36.7 Å². The van der Waals surface area contributed by atoms with Gasteiger partial charge in [-0.25, -0.2) is 17.7 Å². The van der Waals surface area contributed by atoms with E-state index in [4.69, 9.17) is 0 Å². The summed E-state index contributed by atoms with van der Waals surface area (Å²) in [5, 5.41) is 0.660. The summed E-state index contributed by atoms with van der Waals surface area (Å²) in [7, 11) is -0.496. The fourth-order valence-electron chi connectivity index (χ4n) is 2.76. The third-order valence-corrected chi connectivity index (χ3v) is 6.94. The summed E-state index contributed by atoms with van der Waals surface area (Å²) in [5.41, 5.74) is 0.904. The molecule has 2 aromatic rings. The molecule has 0 saturated heterocycles. The first-order valence-corrected chi connectivity index (χ1v) is 9.74. The van der Waals surface area contributed by atoms with Gasteiger partial charge in [-0.1, -0.05) is 6.42 Å². The minimum atomic E-state index is -3.44. The van der Waals surface area contributed by atoms with Crippen molar-refractivity contribution in [2.45, 2.75) is 37.9 Å². The molecule has 0 aliphatic heterocycles. The Kier molecular flexibility index (Phi) is 4.09. The van der Waals surface area contributed by atoms with Gasteiger partial charge in [0, 0.05) is 19.0 Å². The van der Waals surface area contributed by atoms with E-state index in [-0.39, 0.29) is 17.1 Å². The average Bonchev–Trinajstić information content (AvgIpc) is 2.61. The van der Waals surface area contributed by atoms with Gasteiger partial charge in [0.1, 0.15) is 16.4 Å². The first-order chi connectivity index (χ1) is 10.4. The predicted molar refractivity (Wildman–Crippen MR) is 87.8 cm³/mol. The maximum atomic E-state index is 12.4. The number of thiophene rings is 1. The number of sulfonamides is 1. The van der Waals surface area contributed by atoms with Gasteiger partial charge >= 0.3 is 0 Å². The van der Waals surface area contributed by atoms with Crippen molar-refractivity contribution in [2.75, 3.05) is 14.1 Å². The highest BCUT2D eigenvalue weighted by molar-refractivity contribution is 7.88. The molecule has 0 unspecified atom stereocenters. The van der Waals surface area contributed by atoms with Crippen LogP contribution in [0.2, 0.25) is 0 Å². The molecule has 0 fully saturated rings. The van der Waals surface area contributed by atoms with E-state index in [1.54, 1.807) is 0 Å². The topological polar surface area (TPSA) is 83.1 Å². The molecule has 2 aromatic heterocycles. The van der Waals surface area contributed by atoms with Crippen molar-refractivity contribution in [1.82, 2.24) is 14.3 Å². The molecular weight excluding hydrogens is 322 g/mol. The summed E-state index contributed by atoms with van der Waals surface area (Å²) in [6.07, 6.45) is 5.32. The molecule has 0 spiro atoms. The Morgan fingerprint density at radius 2 is 1.95 bits per heavy atom. The van der Waals surface area contributed by atoms with Crippen LogP contribution in [-0.2, 0) is 28.6 Å². The SMILES string of the molecule is CN(C)S(=O)(=O)Cc1nc2sc3c(c2c(=O)[nH]1)CCCCC3. The van der Waals surface area contributed by atoms with E-state index in [2.05, 4.69) is 9.97 Å². The molecule has 0 amide bonds. The van der Waals surface area contributed by atoms with Gasteiger partial charge in [0.25, 0.3) is 5.56 Å². The molecule has 2 heterocycles. The number of hydrogen-bond donors (Lipinski definition) is 1. The number of hydrogen-bond acceptors (Lipinski definition) is 5. The van der Waals surface area contributed by atoms with E-state index in [1.807, 2.05) is 0 Å². The Labute approximate surface area is 133 Å². The minimum absolute atomic E-state index is 0.211. The van der Waals surface area contributed by atoms with E-state index in [0.717, 1.165) is 35.6 Å². The molecule has 0 aromatic carbocycles. The molecule has 120 valence electrons. The van der Waals surface area contributed by atoms with Crippen LogP contribution < -0.4 is 5.56 Å². The van der Waals surface area contributed by atoms with E-state index < -0.39 is 10.0 Å². The van der Waals surface area contributed by atoms with Crippen molar-refractivity contribution in [2.24, 2.45) is 0 Å². The molecule has 8 heteroatoms. The maximum Gasteiger partial charge on any atom is 0.259 e. The van der Waals surface area contributed by atoms with Crippen LogP contribution in [0.4, 0.5) is 0 Å². The van der Waals surface area contributed by atoms with Crippen LogP contribution in [-0.4, -0.2) is 36.8 Å². The Morgan fingerprint density at radius 3 is 2.68 bits per heavy atom. The van der Waals surface area contributed by atoms with E-state index in [9.17, 15) is 13.2 Å². The van der Waals surface area contributed by atoms with Crippen LogP contribution in [0, 0.1) is 0 Å². The fourth-order valence-corrected chi connectivity index (χ4v) is 4.78. The predicted octanol–water partition coefficient (Wildman–Crippen LogP) is 1.64. The second-order valence-corrected chi connectivity index (χ2v) is 9.06. The van der Waals surface area contributed by atoms with Gasteiger partial charge in [-0.05, 0) is 31.2 Å². The standard InChI is InChI=1S/C14H19N3O3S2/c1-17(2)22(19,20)8-11-15-13(18)12-9-6-4-3-5-7-10(9)21-14(12)16-11/h3-8H2,1-2H3,(H,15,16,18). The zero-order chi connectivity index (χ0) is 15.9. The summed E-state index contributed by atoms with van der Waals surface area (Å²) in [6, 6.07) is 0. The second kappa shape index (κ2) is 5.75. The number of nitrogens with one attached hydrogen (secondary N) is 1. The lowest BCUT2D eigenvalue weighted by Crippen LogP contribution is -2.25. The smallest absolute Gasteiger partial charge is 0.259 e. The molecule has 1 N–H and O–H groups in total. The highest BCUT2D eigenvalue weighted by Crippen LogP contribution is 2.32. The van der Waals surface area contributed by atoms with Crippen molar-refractivity contribution < 1.29 is 8.42 Å². The highest BCUT2D eigenvalue weighted by Gasteiger charge is 2.21. The summed E-state index contributed by atoms with van der Waals surface area (Å²) in [6.45, 7) is 0. The van der Waals surface area contributed by atoms with Crippen LogP contribution in [0.15, 0.2) is 4.79 Å². The van der Waals surface area contributed by atoms with Gasteiger partial charge in [-0.15, -0.1) is 11.3 Å². The lowest BCUT2D eigenvalue weighted by molar-refractivity contribution is 0.518. The van der Waals surface area contributed by atoms with Crippen LogP contribution in [0.25, 0.3) is 10.2 Å². The fraction of sp³-hybridized carbons (Fsp3) is 0.571. The number of rotatable bonds is 3. The number of aromatic amines is 1. The van der Waals surface area contributed by atoms with Gasteiger partial charge in [0.15, 0.2) is 0 Å². The normalized spacial score (nSPS) is 16.0. The third kappa shape index (κ3) is 2.82. The Bertz CT molecular complexity index is 865. The molecule has 1 aliphatic carbocycles. The summed E-state index contributed by atoms with van der Waals surface area (Å²) < 4.78 is 25.0. The number of nitrogens with zero attached hydrogens (tertiary/aromatic N) is 2. The van der Waals surface area contributed by atoms with Crippen molar-refractivity contribution in [3.05, 3.63) is 26.6 Å². The van der Waals surface area contributed by atoms with Crippen molar-refractivity contribution in [1.29, 1.82) is 0 Å². The maximum absolute atomic E-state index is 12.4. The van der Waals surface area contributed by atoms with Crippen molar-refractivity contribution >= 4 is 31.6 Å². The molecule has 1 aliphatic rings. The Hall–Kier alpha value is -1.25. The summed E-state index contributed by atoms with van der Waals surface area (Å²) in [5.74, 6) is -0.0732. The first-order valence-electron chi connectivity index (χ1n) is 7.32. The van der Waals surface area contributed by atoms with E-state index >= 15 is 0 Å². The van der Waals surface area contributed by atoms with Crippen molar-refractivity contribution in [3.63, 3.8) is 0 Å². The monoisotopic (exact) mass is 341 g/mol. The summed E-state index contributed by atoms with van der Waals surface area (Å²) in [4.78, 5) is 21.4. The second-order valence-electron chi connectivity index (χ2n) is 5.80. The quantitative estimate of drug-likeness (QED) is 0.861. The molecule has 0 atom stereocenters. The Morgan fingerprint density at radius 1 is 1.23 bits per heavy atom. The van der Waals surface area contributed by atoms with Crippen LogP contribution in [0.5, 0.6) is 0 Å². The molecule has 0 saturated carbocycles. The Balaban J connectivity index is 2.09. The van der Waals surface area contributed by atoms with Crippen LogP contribution in [0.3, 0.4) is 0 Å². The number of aromatic nitrogens is 2. The van der Waals surface area contributed by atoms with Crippen LogP contribution in [0.1, 0.15) is 35.5 Å². The third-order valence-electron chi connectivity index (χ3n) is 4.00. The number of aryl methyl sites for hydroxylation is 2. The van der Waals surface area contributed by atoms with Gasteiger partial charge < -0.3 is 4.98 Å². The minimum Gasteiger partial charge on any atom is -0.309 e. The molecule has 22 heavy (non-hydrogen) atoms. The summed E-state index contributed by atoms with van der Waals surface area (Å²) >= 11 is 1.54. The molecule has 6 nitrogen and oxygen atoms in total. The van der Waals surface area contributed by atoms with Gasteiger partial charge in [0.05, 0.1) is 5.39 Å². The number of H-pyrrole nitrogens is 1. The molecule has 3 rings (SSSR count). The largest absolute Gasteiger partial charge is 0.309 e. The lowest BCUT2D eigenvalue weighted by atomic mass is 10.1. The zero-order valence-electron chi connectivity index (χ0n) is 12.7. The molecule has 0 bridgehead atoms. The van der Waals surface area contributed by atoms with E-state index in [0.29, 0.717) is 10.2 Å². The number of fused-ring (bicyclic) bond motifs is 3. The van der Waals surface area contributed by atoms with Gasteiger partial charge in [0.2, 0.25) is 10.0 Å². The first kappa shape index (κ1) is 15.6. The molecule has 0 radical (unpaired) electrons. The highest BCUT2D eigenvalue weighted by atomic mass is 32.2. The average molecular weight is 341 g/mol. The lowest BCUT2D eigenvalue weighted by Gasteiger charge is -2.10. The van der Waals surface area contributed by atoms with Crippen molar-refractivity contribution in [3.8, 4) is 0 Å². The van der Waals surface area contributed by atoms with Gasteiger partial charge in [-0.3, -0.25) is 4.79 Å². The van der Waals surface area contributed by atoms with Crippen LogP contribution >= 0.6 is 11.3 Å². The van der Waals surface area contributed by atoms with Gasteiger partial charge in [-0.2, -0.15) is 0 Å². The molecular formula is C14H19N3O3S2. The zero-order valence-corrected chi connectivity index (χ0v) is 14.3.